The van der Waals surface area contributed by atoms with Gasteiger partial charge in [-0.05, 0) is 54.4 Å². The molecule has 0 aromatic heterocycles. The highest BCUT2D eigenvalue weighted by Crippen LogP contribution is 2.20. The molecule has 5 nitrogen and oxygen atoms in total. The van der Waals surface area contributed by atoms with Crippen molar-refractivity contribution in [3.8, 4) is 0 Å². The molecule has 162 valence electrons. The Kier molecular flexibility index (Phi) is 7.43. The maximum atomic E-state index is 13.3. The summed E-state index contributed by atoms with van der Waals surface area (Å²) in [7, 11) is -4.03. The molecule has 3 aromatic carbocycles. The highest BCUT2D eigenvalue weighted by Gasteiger charge is 2.27. The van der Waals surface area contributed by atoms with Crippen LogP contribution in [0.5, 0.6) is 0 Å². The number of carbonyl (C=O) groups is 1. The van der Waals surface area contributed by atoms with Gasteiger partial charge in [-0.3, -0.25) is 4.79 Å². The Morgan fingerprint density at radius 1 is 1.00 bits per heavy atom. The molecule has 8 heteroatoms. The van der Waals surface area contributed by atoms with Gasteiger partial charge in [-0.1, -0.05) is 54.1 Å². The molecule has 3 rings (SSSR count). The molecule has 1 amide bonds. The van der Waals surface area contributed by atoms with Crippen molar-refractivity contribution in [1.82, 2.24) is 9.62 Å². The van der Waals surface area contributed by atoms with Crippen molar-refractivity contribution < 1.29 is 17.6 Å². The van der Waals surface area contributed by atoms with Gasteiger partial charge in [0.2, 0.25) is 15.9 Å². The van der Waals surface area contributed by atoms with E-state index in [1.165, 1.54) is 12.1 Å². The molecule has 0 saturated carbocycles. The van der Waals surface area contributed by atoms with Crippen LogP contribution in [0.2, 0.25) is 5.02 Å². The van der Waals surface area contributed by atoms with E-state index in [4.69, 9.17) is 11.6 Å². The summed E-state index contributed by atoms with van der Waals surface area (Å²) in [5.74, 6) is -0.993. The van der Waals surface area contributed by atoms with Gasteiger partial charge in [0.05, 0.1) is 17.5 Å². The number of hydrogen-bond acceptors (Lipinski definition) is 3. The zero-order valence-electron chi connectivity index (χ0n) is 16.8. The van der Waals surface area contributed by atoms with Crippen molar-refractivity contribution >= 4 is 27.5 Å². The zero-order valence-corrected chi connectivity index (χ0v) is 18.4. The predicted octanol–water partition coefficient (Wildman–Crippen LogP) is 4.55. The minimum atomic E-state index is -4.03. The lowest BCUT2D eigenvalue weighted by atomic mass is 10.1. The lowest BCUT2D eigenvalue weighted by molar-refractivity contribution is -0.122. The number of halogens is 2. The first-order chi connectivity index (χ1) is 14.8. The third-order valence-corrected chi connectivity index (χ3v) is 6.78. The van der Waals surface area contributed by atoms with Crippen LogP contribution in [0.25, 0.3) is 0 Å². The number of amides is 1. The van der Waals surface area contributed by atoms with Crippen LogP contribution in [-0.4, -0.2) is 25.2 Å². The SMILES string of the molecule is C[C@@H](NC(=O)CN(Cc1ccccc1)S(=O)(=O)c1ccc(F)cc1)c1ccc(Cl)cc1. The van der Waals surface area contributed by atoms with Gasteiger partial charge in [-0.25, -0.2) is 12.8 Å². The van der Waals surface area contributed by atoms with Gasteiger partial charge >= 0.3 is 0 Å². The van der Waals surface area contributed by atoms with Crippen LogP contribution in [0, 0.1) is 5.82 Å². The summed E-state index contributed by atoms with van der Waals surface area (Å²) in [6, 6.07) is 20.2. The predicted molar refractivity (Wildman–Crippen MR) is 118 cm³/mol. The molecule has 0 aliphatic rings. The van der Waals surface area contributed by atoms with Gasteiger partial charge in [0.25, 0.3) is 0 Å². The quantitative estimate of drug-likeness (QED) is 0.536. The Bertz CT molecular complexity index is 1120. The molecule has 0 unspecified atom stereocenters. The fraction of sp³-hybridized carbons (Fsp3) is 0.174. The molecule has 0 heterocycles. The molecule has 31 heavy (non-hydrogen) atoms. The summed E-state index contributed by atoms with van der Waals surface area (Å²) in [4.78, 5) is 12.6. The van der Waals surface area contributed by atoms with E-state index in [9.17, 15) is 17.6 Å². The van der Waals surface area contributed by atoms with Gasteiger partial charge in [-0.2, -0.15) is 4.31 Å². The fourth-order valence-corrected chi connectivity index (χ4v) is 4.56. The summed E-state index contributed by atoms with van der Waals surface area (Å²) in [6.07, 6.45) is 0. The normalized spacial score (nSPS) is 12.5. The summed E-state index contributed by atoms with van der Waals surface area (Å²) in [5, 5.41) is 3.40. The van der Waals surface area contributed by atoms with Gasteiger partial charge in [-0.15, -0.1) is 0 Å². The van der Waals surface area contributed by atoms with Crippen LogP contribution < -0.4 is 5.32 Å². The average Bonchev–Trinajstić information content (AvgIpc) is 2.74. The first-order valence-corrected chi connectivity index (χ1v) is 11.4. The first kappa shape index (κ1) is 22.9. The number of hydrogen-bond donors (Lipinski definition) is 1. The van der Waals surface area contributed by atoms with Crippen molar-refractivity contribution in [3.05, 3.63) is 101 Å². The molecular formula is C23H22ClFN2O3S. The van der Waals surface area contributed by atoms with E-state index in [-0.39, 0.29) is 24.0 Å². The van der Waals surface area contributed by atoms with Crippen LogP contribution in [0.15, 0.2) is 83.8 Å². The fourth-order valence-electron chi connectivity index (χ4n) is 3.05. The first-order valence-electron chi connectivity index (χ1n) is 9.60. The summed E-state index contributed by atoms with van der Waals surface area (Å²) < 4.78 is 40.7. The number of nitrogens with one attached hydrogen (secondary N) is 1. The Morgan fingerprint density at radius 3 is 2.23 bits per heavy atom. The van der Waals surface area contributed by atoms with E-state index in [0.29, 0.717) is 5.02 Å². The minimum Gasteiger partial charge on any atom is -0.348 e. The van der Waals surface area contributed by atoms with Crippen LogP contribution in [0.4, 0.5) is 4.39 Å². The maximum Gasteiger partial charge on any atom is 0.243 e. The smallest absolute Gasteiger partial charge is 0.243 e. The molecule has 1 atom stereocenters. The molecule has 0 aliphatic carbocycles. The molecule has 0 fully saturated rings. The van der Waals surface area contributed by atoms with E-state index >= 15 is 0 Å². The number of nitrogens with zero attached hydrogens (tertiary/aromatic N) is 1. The lowest BCUT2D eigenvalue weighted by Gasteiger charge is -2.23. The summed E-state index contributed by atoms with van der Waals surface area (Å²) >= 11 is 5.90. The summed E-state index contributed by atoms with van der Waals surface area (Å²) in [6.45, 7) is 1.42. The topological polar surface area (TPSA) is 66.5 Å². The monoisotopic (exact) mass is 460 g/mol. The Hall–Kier alpha value is -2.74. The number of benzene rings is 3. The highest BCUT2D eigenvalue weighted by atomic mass is 35.5. The van der Waals surface area contributed by atoms with Crippen LogP contribution in [-0.2, 0) is 21.4 Å². The molecule has 0 bridgehead atoms. The third kappa shape index (κ3) is 6.13. The van der Waals surface area contributed by atoms with E-state index in [1.54, 1.807) is 55.5 Å². The molecule has 1 N–H and O–H groups in total. The number of carbonyl (C=O) groups excluding carboxylic acids is 1. The van der Waals surface area contributed by atoms with Crippen LogP contribution >= 0.6 is 11.6 Å². The standard InChI is InChI=1S/C23H22ClFN2O3S/c1-17(19-7-9-20(24)10-8-19)26-23(28)16-27(15-18-5-3-2-4-6-18)31(29,30)22-13-11-21(25)12-14-22/h2-14,17H,15-16H2,1H3,(H,26,28)/t17-/m1/s1. The van der Waals surface area contributed by atoms with Crippen molar-refractivity contribution in [1.29, 1.82) is 0 Å². The van der Waals surface area contributed by atoms with Crippen LogP contribution in [0.3, 0.4) is 0 Å². The van der Waals surface area contributed by atoms with Gasteiger partial charge in [0.15, 0.2) is 0 Å². The van der Waals surface area contributed by atoms with Gasteiger partial charge in [0, 0.05) is 11.6 Å². The van der Waals surface area contributed by atoms with Crippen molar-refractivity contribution in [3.63, 3.8) is 0 Å². The molecule has 3 aromatic rings. The number of sulfonamides is 1. The molecule has 0 radical (unpaired) electrons. The van der Waals surface area contributed by atoms with Crippen LogP contribution in [0.1, 0.15) is 24.1 Å². The second kappa shape index (κ2) is 10.0. The molecule has 0 spiro atoms. The van der Waals surface area contributed by atoms with E-state index in [1.807, 2.05) is 6.07 Å². The average molecular weight is 461 g/mol. The third-order valence-electron chi connectivity index (χ3n) is 4.72. The highest BCUT2D eigenvalue weighted by molar-refractivity contribution is 7.89. The lowest BCUT2D eigenvalue weighted by Crippen LogP contribution is -2.41. The molecule has 0 saturated heterocycles. The van der Waals surface area contributed by atoms with Crippen molar-refractivity contribution in [2.75, 3.05) is 6.54 Å². The maximum absolute atomic E-state index is 13.3. The second-order valence-corrected chi connectivity index (χ2v) is 9.43. The second-order valence-electron chi connectivity index (χ2n) is 7.05. The van der Waals surface area contributed by atoms with E-state index in [0.717, 1.165) is 27.6 Å². The Morgan fingerprint density at radius 2 is 1.61 bits per heavy atom. The Balaban J connectivity index is 1.81. The van der Waals surface area contributed by atoms with Crippen molar-refractivity contribution in [2.24, 2.45) is 0 Å². The summed E-state index contributed by atoms with van der Waals surface area (Å²) in [5.41, 5.74) is 1.57. The molecular weight excluding hydrogens is 439 g/mol. The molecule has 0 aliphatic heterocycles. The van der Waals surface area contributed by atoms with Gasteiger partial charge in [0.1, 0.15) is 5.82 Å². The van der Waals surface area contributed by atoms with Gasteiger partial charge < -0.3 is 5.32 Å². The minimum absolute atomic E-state index is 0.00327. The largest absolute Gasteiger partial charge is 0.348 e. The van der Waals surface area contributed by atoms with E-state index < -0.39 is 21.7 Å². The Labute approximate surface area is 186 Å². The zero-order chi connectivity index (χ0) is 22.4. The van der Waals surface area contributed by atoms with Crippen molar-refractivity contribution in [2.45, 2.75) is 24.4 Å². The number of rotatable bonds is 8. The van der Waals surface area contributed by atoms with E-state index in [2.05, 4.69) is 5.32 Å².